The number of alkyl halides is 2. The van der Waals surface area contributed by atoms with E-state index in [-0.39, 0.29) is 17.0 Å². The predicted molar refractivity (Wildman–Crippen MR) is 57.0 cm³/mol. The van der Waals surface area contributed by atoms with Crippen LogP contribution in [0.1, 0.15) is 30.4 Å². The summed E-state index contributed by atoms with van der Waals surface area (Å²) in [4.78, 5) is 10.3. The number of aliphatic carboxylic acids is 1. The highest BCUT2D eigenvalue weighted by molar-refractivity contribution is 6.31. The molecule has 0 spiro atoms. The number of hydrogen-bond acceptors (Lipinski definition) is 1. The Morgan fingerprint density at radius 3 is 2.62 bits per heavy atom. The van der Waals surface area contributed by atoms with Gasteiger partial charge in [0.1, 0.15) is 0 Å². The number of hydrogen-bond donors (Lipinski definition) is 1. The molecular formula is C11H11ClF2O2. The van der Waals surface area contributed by atoms with Gasteiger partial charge in [0, 0.05) is 17.0 Å². The van der Waals surface area contributed by atoms with Crippen LogP contribution in [0.15, 0.2) is 18.2 Å². The zero-order valence-electron chi connectivity index (χ0n) is 8.42. The normalized spacial score (nSPS) is 10.8. The van der Waals surface area contributed by atoms with Crippen LogP contribution in [-0.4, -0.2) is 11.1 Å². The molecule has 1 N–H and O–H groups in total. The van der Waals surface area contributed by atoms with Crippen molar-refractivity contribution in [1.29, 1.82) is 0 Å². The first-order valence-electron chi connectivity index (χ1n) is 4.79. The number of carbonyl (C=O) groups is 1. The highest BCUT2D eigenvalue weighted by atomic mass is 35.5. The minimum atomic E-state index is -2.54. The largest absolute Gasteiger partial charge is 0.481 e. The van der Waals surface area contributed by atoms with E-state index in [1.807, 2.05) is 0 Å². The van der Waals surface area contributed by atoms with Crippen LogP contribution >= 0.6 is 11.6 Å². The second-order valence-electron chi connectivity index (χ2n) is 3.40. The Kier molecular flexibility index (Phi) is 4.68. The first-order valence-corrected chi connectivity index (χ1v) is 5.16. The second-order valence-corrected chi connectivity index (χ2v) is 3.81. The van der Waals surface area contributed by atoms with Crippen molar-refractivity contribution in [3.8, 4) is 0 Å². The molecule has 0 amide bonds. The monoisotopic (exact) mass is 248 g/mol. The van der Waals surface area contributed by atoms with E-state index >= 15 is 0 Å². The summed E-state index contributed by atoms with van der Waals surface area (Å²) in [7, 11) is 0. The van der Waals surface area contributed by atoms with Crippen LogP contribution in [-0.2, 0) is 11.2 Å². The van der Waals surface area contributed by atoms with Crippen LogP contribution < -0.4 is 0 Å². The molecule has 0 saturated heterocycles. The van der Waals surface area contributed by atoms with Gasteiger partial charge < -0.3 is 5.11 Å². The lowest BCUT2D eigenvalue weighted by molar-refractivity contribution is -0.137. The predicted octanol–water partition coefficient (Wildman–Crippen LogP) is 3.68. The van der Waals surface area contributed by atoms with Gasteiger partial charge in [0.05, 0.1) is 0 Å². The molecule has 0 unspecified atom stereocenters. The highest BCUT2D eigenvalue weighted by Crippen LogP contribution is 2.25. The zero-order chi connectivity index (χ0) is 12.1. The fraction of sp³-hybridized carbons (Fsp3) is 0.364. The lowest BCUT2D eigenvalue weighted by atomic mass is 10.1. The van der Waals surface area contributed by atoms with Gasteiger partial charge in [0.25, 0.3) is 6.43 Å². The lowest BCUT2D eigenvalue weighted by Crippen LogP contribution is -1.96. The molecule has 2 nitrogen and oxygen atoms in total. The number of carboxylic acid groups (broad SMARTS) is 1. The molecular weight excluding hydrogens is 238 g/mol. The van der Waals surface area contributed by atoms with Gasteiger partial charge >= 0.3 is 5.97 Å². The Morgan fingerprint density at radius 2 is 2.12 bits per heavy atom. The van der Waals surface area contributed by atoms with E-state index < -0.39 is 12.4 Å². The average molecular weight is 249 g/mol. The van der Waals surface area contributed by atoms with Crippen molar-refractivity contribution in [2.24, 2.45) is 0 Å². The van der Waals surface area contributed by atoms with E-state index in [4.69, 9.17) is 16.7 Å². The molecule has 1 rings (SSSR count). The van der Waals surface area contributed by atoms with Crippen LogP contribution in [0.5, 0.6) is 0 Å². The van der Waals surface area contributed by atoms with Crippen molar-refractivity contribution >= 4 is 17.6 Å². The number of aryl methyl sites for hydroxylation is 1. The zero-order valence-corrected chi connectivity index (χ0v) is 9.18. The van der Waals surface area contributed by atoms with E-state index in [0.717, 1.165) is 0 Å². The first-order chi connectivity index (χ1) is 7.50. The van der Waals surface area contributed by atoms with Crippen molar-refractivity contribution in [3.05, 3.63) is 34.3 Å². The summed E-state index contributed by atoms with van der Waals surface area (Å²) in [5.74, 6) is -0.875. The molecule has 0 aromatic heterocycles. The van der Waals surface area contributed by atoms with Crippen LogP contribution in [0.3, 0.4) is 0 Å². The fourth-order valence-corrected chi connectivity index (χ4v) is 1.62. The van der Waals surface area contributed by atoms with Gasteiger partial charge in [0.2, 0.25) is 0 Å². The van der Waals surface area contributed by atoms with Gasteiger partial charge in [-0.25, -0.2) is 8.78 Å². The van der Waals surface area contributed by atoms with Crippen molar-refractivity contribution in [3.63, 3.8) is 0 Å². The van der Waals surface area contributed by atoms with E-state index in [0.29, 0.717) is 18.4 Å². The molecule has 0 saturated carbocycles. The maximum absolute atomic E-state index is 12.3. The van der Waals surface area contributed by atoms with Crippen LogP contribution in [0.4, 0.5) is 8.78 Å². The van der Waals surface area contributed by atoms with E-state index in [2.05, 4.69) is 0 Å². The average Bonchev–Trinajstić information content (AvgIpc) is 2.19. The summed E-state index contributed by atoms with van der Waals surface area (Å²) in [5, 5.41) is 8.71. The number of rotatable bonds is 5. The third-order valence-corrected chi connectivity index (χ3v) is 2.52. The van der Waals surface area contributed by atoms with Crippen molar-refractivity contribution in [2.75, 3.05) is 0 Å². The molecule has 0 radical (unpaired) electrons. The van der Waals surface area contributed by atoms with E-state index in [9.17, 15) is 13.6 Å². The van der Waals surface area contributed by atoms with E-state index in [1.54, 1.807) is 0 Å². The minimum Gasteiger partial charge on any atom is -0.481 e. The Bertz CT molecular complexity index is 380. The molecule has 0 aliphatic rings. The van der Waals surface area contributed by atoms with E-state index in [1.165, 1.54) is 18.2 Å². The van der Waals surface area contributed by atoms with Gasteiger partial charge in [-0.2, -0.15) is 0 Å². The summed E-state index contributed by atoms with van der Waals surface area (Å²) in [6.45, 7) is 0. The van der Waals surface area contributed by atoms with Crippen molar-refractivity contribution < 1.29 is 18.7 Å². The molecule has 88 valence electrons. The molecule has 0 bridgehead atoms. The maximum atomic E-state index is 12.3. The van der Waals surface area contributed by atoms with Gasteiger partial charge in [-0.3, -0.25) is 4.79 Å². The van der Waals surface area contributed by atoms with Gasteiger partial charge in [-0.1, -0.05) is 23.7 Å². The summed E-state index contributed by atoms with van der Waals surface area (Å²) < 4.78 is 24.6. The minimum absolute atomic E-state index is 0.0485. The van der Waals surface area contributed by atoms with Gasteiger partial charge in [-0.05, 0) is 24.5 Å². The number of halogens is 3. The SMILES string of the molecule is O=C(O)CCCc1ccc(C(F)F)cc1Cl. The number of carboxylic acids is 1. The van der Waals surface area contributed by atoms with Crippen molar-refractivity contribution in [2.45, 2.75) is 25.7 Å². The molecule has 1 aromatic rings. The molecule has 0 atom stereocenters. The third-order valence-electron chi connectivity index (χ3n) is 2.17. The van der Waals surface area contributed by atoms with Crippen LogP contribution in [0, 0.1) is 0 Å². The molecule has 5 heteroatoms. The van der Waals surface area contributed by atoms with Crippen molar-refractivity contribution in [1.82, 2.24) is 0 Å². The lowest BCUT2D eigenvalue weighted by Gasteiger charge is -2.06. The Hall–Kier alpha value is -1.16. The molecule has 0 heterocycles. The molecule has 16 heavy (non-hydrogen) atoms. The smallest absolute Gasteiger partial charge is 0.303 e. The Balaban J connectivity index is 2.64. The quantitative estimate of drug-likeness (QED) is 0.863. The standard InChI is InChI=1S/C11H11ClF2O2/c12-9-6-8(11(13)14)5-4-7(9)2-1-3-10(15)16/h4-6,11H,1-3H2,(H,15,16). The maximum Gasteiger partial charge on any atom is 0.303 e. The number of benzene rings is 1. The summed E-state index contributed by atoms with van der Waals surface area (Å²) in [6, 6.07) is 4.06. The molecule has 1 aromatic carbocycles. The summed E-state index contributed by atoms with van der Waals surface area (Å²) in [5.41, 5.74) is 0.583. The second kappa shape index (κ2) is 5.80. The summed E-state index contributed by atoms with van der Waals surface area (Å²) in [6.07, 6.45) is -1.56. The molecule has 0 fully saturated rings. The third kappa shape index (κ3) is 3.77. The topological polar surface area (TPSA) is 37.3 Å². The van der Waals surface area contributed by atoms with Crippen LogP contribution in [0.2, 0.25) is 5.02 Å². The highest BCUT2D eigenvalue weighted by Gasteiger charge is 2.09. The summed E-state index contributed by atoms with van der Waals surface area (Å²) >= 11 is 5.81. The van der Waals surface area contributed by atoms with Crippen LogP contribution in [0.25, 0.3) is 0 Å². The fourth-order valence-electron chi connectivity index (χ4n) is 1.33. The first kappa shape index (κ1) is 12.9. The Labute approximate surface area is 96.8 Å². The Morgan fingerprint density at radius 1 is 1.44 bits per heavy atom. The molecule has 0 aliphatic heterocycles. The molecule has 0 aliphatic carbocycles. The van der Waals surface area contributed by atoms with Gasteiger partial charge in [0.15, 0.2) is 0 Å². The van der Waals surface area contributed by atoms with Gasteiger partial charge in [-0.15, -0.1) is 0 Å².